The zero-order valence-corrected chi connectivity index (χ0v) is 10.6. The molecule has 0 aliphatic carbocycles. The first kappa shape index (κ1) is 12.7. The van der Waals surface area contributed by atoms with E-state index < -0.39 is 11.9 Å². The molecule has 0 aliphatic rings. The number of carboxylic acids is 1. The normalized spacial score (nSPS) is 10.5. The number of hydrogen-bond acceptors (Lipinski definition) is 5. The second-order valence-corrected chi connectivity index (χ2v) is 4.15. The van der Waals surface area contributed by atoms with Gasteiger partial charge in [0.2, 0.25) is 0 Å². The topological polar surface area (TPSA) is 109 Å². The third-order valence-electron chi connectivity index (χ3n) is 2.82. The lowest BCUT2D eigenvalue weighted by Crippen LogP contribution is -2.13. The minimum absolute atomic E-state index is 0.0434. The van der Waals surface area contributed by atoms with Gasteiger partial charge in [0.1, 0.15) is 5.82 Å². The summed E-state index contributed by atoms with van der Waals surface area (Å²) in [5.41, 5.74) is 0.914. The van der Waals surface area contributed by atoms with Gasteiger partial charge in [0.05, 0.1) is 29.0 Å². The van der Waals surface area contributed by atoms with Crippen LogP contribution in [0.1, 0.15) is 20.7 Å². The number of hydrogen-bond donors (Lipinski definition) is 2. The van der Waals surface area contributed by atoms with Gasteiger partial charge in [-0.2, -0.15) is 5.10 Å². The molecule has 8 nitrogen and oxygen atoms in total. The minimum atomic E-state index is -1.09. The Balaban J connectivity index is 1.90. The molecule has 0 fully saturated rings. The van der Waals surface area contributed by atoms with Crippen molar-refractivity contribution in [3.8, 4) is 0 Å². The average Bonchev–Trinajstić information content (AvgIpc) is 2.91. The largest absolute Gasteiger partial charge is 0.478 e. The molecule has 0 atom stereocenters. The van der Waals surface area contributed by atoms with Crippen molar-refractivity contribution in [2.75, 3.05) is 5.32 Å². The molecule has 3 aromatic heterocycles. The van der Waals surface area contributed by atoms with Gasteiger partial charge in [-0.25, -0.2) is 14.3 Å². The van der Waals surface area contributed by atoms with Crippen molar-refractivity contribution in [3.05, 3.63) is 54.2 Å². The lowest BCUT2D eigenvalue weighted by Gasteiger charge is -2.03. The Kier molecular flexibility index (Phi) is 3.03. The van der Waals surface area contributed by atoms with Crippen LogP contribution in [0.15, 0.2) is 43.1 Å². The molecule has 1 amide bonds. The molecule has 3 rings (SSSR count). The van der Waals surface area contributed by atoms with Gasteiger partial charge in [-0.3, -0.25) is 9.78 Å². The van der Waals surface area contributed by atoms with E-state index in [4.69, 9.17) is 5.11 Å². The van der Waals surface area contributed by atoms with Gasteiger partial charge in [0.25, 0.3) is 5.91 Å². The van der Waals surface area contributed by atoms with E-state index in [9.17, 15) is 9.59 Å². The fourth-order valence-corrected chi connectivity index (χ4v) is 1.82. The van der Waals surface area contributed by atoms with Crippen LogP contribution in [0.5, 0.6) is 0 Å². The number of rotatable bonds is 3. The molecule has 0 radical (unpaired) electrons. The number of pyridine rings is 1. The molecule has 0 saturated carbocycles. The highest BCUT2D eigenvalue weighted by Gasteiger charge is 2.14. The molecule has 0 bridgehead atoms. The maximum atomic E-state index is 12.2. The molecule has 2 N–H and O–H groups in total. The highest BCUT2D eigenvalue weighted by Crippen LogP contribution is 2.12. The number of carboxylic acid groups (broad SMARTS) is 1. The third kappa shape index (κ3) is 2.41. The molecule has 0 aromatic carbocycles. The monoisotopic (exact) mass is 283 g/mol. The van der Waals surface area contributed by atoms with Crippen LogP contribution in [0.4, 0.5) is 5.82 Å². The summed E-state index contributed by atoms with van der Waals surface area (Å²) in [6.07, 6.45) is 7.42. The van der Waals surface area contributed by atoms with Gasteiger partial charge >= 0.3 is 5.97 Å². The second-order valence-electron chi connectivity index (χ2n) is 4.15. The number of aromatic nitrogens is 4. The van der Waals surface area contributed by atoms with E-state index in [1.165, 1.54) is 35.2 Å². The predicted molar refractivity (Wildman–Crippen MR) is 72.1 cm³/mol. The smallest absolute Gasteiger partial charge is 0.335 e. The van der Waals surface area contributed by atoms with Crippen molar-refractivity contribution >= 4 is 23.2 Å². The van der Waals surface area contributed by atoms with Crippen molar-refractivity contribution in [3.63, 3.8) is 0 Å². The Labute approximate surface area is 118 Å². The van der Waals surface area contributed by atoms with Gasteiger partial charge in [0.15, 0.2) is 0 Å². The molecule has 0 saturated heterocycles. The molecule has 21 heavy (non-hydrogen) atoms. The lowest BCUT2D eigenvalue weighted by atomic mass is 10.2. The molecular formula is C13H9N5O3. The first-order valence-corrected chi connectivity index (χ1v) is 5.93. The Bertz CT molecular complexity index is 842. The zero-order valence-electron chi connectivity index (χ0n) is 10.6. The van der Waals surface area contributed by atoms with Crippen molar-refractivity contribution in [1.29, 1.82) is 0 Å². The van der Waals surface area contributed by atoms with E-state index in [2.05, 4.69) is 20.4 Å². The van der Waals surface area contributed by atoms with Crippen molar-refractivity contribution in [2.24, 2.45) is 0 Å². The van der Waals surface area contributed by atoms with E-state index >= 15 is 0 Å². The van der Waals surface area contributed by atoms with Gasteiger partial charge in [-0.15, -0.1) is 0 Å². The molecular weight excluding hydrogens is 274 g/mol. The van der Waals surface area contributed by atoms with E-state index in [1.807, 2.05) is 0 Å². The SMILES string of the molecule is O=C(O)c1ccnc(NC(=O)c2cnn3ccncc23)c1. The minimum Gasteiger partial charge on any atom is -0.478 e. The van der Waals surface area contributed by atoms with Crippen LogP contribution in [-0.4, -0.2) is 36.6 Å². The van der Waals surface area contributed by atoms with Crippen LogP contribution in [-0.2, 0) is 0 Å². The van der Waals surface area contributed by atoms with E-state index in [0.29, 0.717) is 11.1 Å². The highest BCUT2D eigenvalue weighted by molar-refractivity contribution is 6.08. The van der Waals surface area contributed by atoms with Crippen LogP contribution >= 0.6 is 0 Å². The quantitative estimate of drug-likeness (QED) is 0.744. The number of aromatic carboxylic acids is 1. The summed E-state index contributed by atoms with van der Waals surface area (Å²) < 4.78 is 1.52. The number of carbonyl (C=O) groups excluding carboxylic acids is 1. The first-order valence-electron chi connectivity index (χ1n) is 5.93. The van der Waals surface area contributed by atoms with Crippen LogP contribution in [0.3, 0.4) is 0 Å². The summed E-state index contributed by atoms with van der Waals surface area (Å²) >= 11 is 0. The van der Waals surface area contributed by atoms with Crippen molar-refractivity contribution < 1.29 is 14.7 Å². The molecule has 3 heterocycles. The Morgan fingerprint density at radius 3 is 2.90 bits per heavy atom. The van der Waals surface area contributed by atoms with Crippen LogP contribution in [0, 0.1) is 0 Å². The molecule has 0 unspecified atom stereocenters. The first-order chi connectivity index (χ1) is 10.1. The second kappa shape index (κ2) is 5.00. The standard InChI is InChI=1S/C13H9N5O3/c19-12(9-6-16-18-4-3-14-7-10(9)18)17-11-5-8(13(20)21)1-2-15-11/h1-7H,(H,20,21)(H,15,17,19). The summed E-state index contributed by atoms with van der Waals surface area (Å²) in [5, 5.41) is 15.5. The van der Waals surface area contributed by atoms with Crippen molar-refractivity contribution in [2.45, 2.75) is 0 Å². The summed E-state index contributed by atoms with van der Waals surface area (Å²) in [5.74, 6) is -1.37. The maximum absolute atomic E-state index is 12.2. The fourth-order valence-electron chi connectivity index (χ4n) is 1.82. The Morgan fingerprint density at radius 2 is 2.10 bits per heavy atom. The van der Waals surface area contributed by atoms with Gasteiger partial charge in [0, 0.05) is 18.6 Å². The number of nitrogens with one attached hydrogen (secondary N) is 1. The van der Waals surface area contributed by atoms with Gasteiger partial charge in [-0.05, 0) is 12.1 Å². The molecule has 0 spiro atoms. The number of fused-ring (bicyclic) bond motifs is 1. The van der Waals surface area contributed by atoms with Crippen LogP contribution in [0.2, 0.25) is 0 Å². The van der Waals surface area contributed by atoms with E-state index in [0.717, 1.165) is 0 Å². The number of amides is 1. The van der Waals surface area contributed by atoms with Gasteiger partial charge < -0.3 is 10.4 Å². The van der Waals surface area contributed by atoms with E-state index in [-0.39, 0.29) is 11.4 Å². The Morgan fingerprint density at radius 1 is 1.24 bits per heavy atom. The average molecular weight is 283 g/mol. The summed E-state index contributed by atoms with van der Waals surface area (Å²) in [6.45, 7) is 0. The fraction of sp³-hybridized carbons (Fsp3) is 0. The van der Waals surface area contributed by atoms with E-state index in [1.54, 1.807) is 12.4 Å². The van der Waals surface area contributed by atoms with Gasteiger partial charge in [-0.1, -0.05) is 0 Å². The van der Waals surface area contributed by atoms with Crippen molar-refractivity contribution in [1.82, 2.24) is 19.6 Å². The summed E-state index contributed by atoms with van der Waals surface area (Å²) in [6, 6.07) is 2.63. The number of nitrogens with zero attached hydrogens (tertiary/aromatic N) is 4. The zero-order chi connectivity index (χ0) is 14.8. The Hall–Kier alpha value is -3.29. The maximum Gasteiger partial charge on any atom is 0.335 e. The lowest BCUT2D eigenvalue weighted by molar-refractivity contribution is 0.0696. The molecule has 0 aliphatic heterocycles. The summed E-state index contributed by atoms with van der Waals surface area (Å²) in [7, 11) is 0. The molecule has 8 heteroatoms. The van der Waals surface area contributed by atoms with Crippen LogP contribution in [0.25, 0.3) is 5.52 Å². The van der Waals surface area contributed by atoms with Crippen LogP contribution < -0.4 is 5.32 Å². The summed E-state index contributed by atoms with van der Waals surface area (Å²) in [4.78, 5) is 30.9. The third-order valence-corrected chi connectivity index (χ3v) is 2.82. The number of anilines is 1. The predicted octanol–water partition coefficient (Wildman–Crippen LogP) is 1.07. The molecule has 3 aromatic rings. The molecule has 104 valence electrons. The highest BCUT2D eigenvalue weighted by atomic mass is 16.4. The number of carbonyl (C=O) groups is 2.